The van der Waals surface area contributed by atoms with Crippen molar-refractivity contribution in [3.05, 3.63) is 27.9 Å². The third-order valence-electron chi connectivity index (χ3n) is 2.24. The van der Waals surface area contributed by atoms with Crippen molar-refractivity contribution >= 4 is 0 Å². The van der Waals surface area contributed by atoms with E-state index in [0.717, 1.165) is 0 Å². The molecule has 90 valence electrons. The molecule has 1 rings (SSSR count). The minimum atomic E-state index is -1.29. The van der Waals surface area contributed by atoms with E-state index in [0.29, 0.717) is 16.8 Å². The average molecular weight is 226 g/mol. The second-order valence-corrected chi connectivity index (χ2v) is 4.86. The number of nitrogens with zero attached hydrogens (tertiary/aromatic N) is 2. The molecule has 5 heteroatoms. The molecular weight excluding hydrogens is 208 g/mol. The van der Waals surface area contributed by atoms with E-state index in [1.807, 2.05) is 13.8 Å². The molecule has 16 heavy (non-hydrogen) atoms. The van der Waals surface area contributed by atoms with Crippen LogP contribution >= 0.6 is 0 Å². The highest BCUT2D eigenvalue weighted by Crippen LogP contribution is 2.16. The Morgan fingerprint density at radius 1 is 1.50 bits per heavy atom. The zero-order chi connectivity index (χ0) is 12.5. The number of hydrogen-bond acceptors (Lipinski definition) is 4. The number of rotatable bonds is 3. The van der Waals surface area contributed by atoms with E-state index in [-0.39, 0.29) is 11.6 Å². The summed E-state index contributed by atoms with van der Waals surface area (Å²) in [6.07, 6.45) is 1.84. The van der Waals surface area contributed by atoms with Gasteiger partial charge in [-0.25, -0.2) is 0 Å². The van der Waals surface area contributed by atoms with E-state index in [4.69, 9.17) is 0 Å². The topological polar surface area (TPSA) is 75.3 Å². The maximum absolute atomic E-state index is 11.7. The van der Waals surface area contributed by atoms with Crippen LogP contribution in [0, 0.1) is 5.92 Å². The smallest absolute Gasteiger partial charge is 0.304 e. The van der Waals surface area contributed by atoms with Crippen LogP contribution in [0.3, 0.4) is 0 Å². The highest BCUT2D eigenvalue weighted by atomic mass is 16.5. The number of hydrogen-bond donors (Lipinski definition) is 2. The lowest BCUT2D eigenvalue weighted by Crippen LogP contribution is -2.33. The Bertz CT molecular complexity index is 430. The van der Waals surface area contributed by atoms with E-state index in [9.17, 15) is 15.1 Å². The van der Waals surface area contributed by atoms with Gasteiger partial charge >= 0.3 is 5.56 Å². The van der Waals surface area contributed by atoms with E-state index in [1.165, 1.54) is 20.0 Å². The van der Waals surface area contributed by atoms with Gasteiger partial charge in [-0.3, -0.25) is 9.78 Å². The van der Waals surface area contributed by atoms with Crippen LogP contribution < -0.4 is 5.56 Å². The highest BCUT2D eigenvalue weighted by Gasteiger charge is 2.23. The summed E-state index contributed by atoms with van der Waals surface area (Å²) in [5.41, 5.74) is -1.46. The average Bonchev–Trinajstić information content (AvgIpc) is 2.10. The molecule has 0 unspecified atom stereocenters. The van der Waals surface area contributed by atoms with Gasteiger partial charge in [-0.05, 0) is 26.2 Å². The first-order valence-electron chi connectivity index (χ1n) is 5.26. The molecule has 0 aliphatic rings. The van der Waals surface area contributed by atoms with E-state index in [1.54, 1.807) is 0 Å². The van der Waals surface area contributed by atoms with Crippen molar-refractivity contribution < 1.29 is 10.3 Å². The Morgan fingerprint density at radius 3 is 2.50 bits per heavy atom. The van der Waals surface area contributed by atoms with Crippen LogP contribution in [-0.4, -0.2) is 20.0 Å². The lowest BCUT2D eigenvalue weighted by Gasteiger charge is -2.19. The Kier molecular flexibility index (Phi) is 3.38. The molecule has 1 aromatic rings. The van der Waals surface area contributed by atoms with Crippen LogP contribution in [0.5, 0.6) is 0 Å². The molecule has 1 heterocycles. The van der Waals surface area contributed by atoms with Gasteiger partial charge in [-0.2, -0.15) is 0 Å². The second kappa shape index (κ2) is 4.25. The fourth-order valence-corrected chi connectivity index (χ4v) is 1.42. The molecule has 0 amide bonds. The zero-order valence-corrected chi connectivity index (χ0v) is 10.1. The van der Waals surface area contributed by atoms with Gasteiger partial charge in [-0.15, -0.1) is 4.73 Å². The van der Waals surface area contributed by atoms with Gasteiger partial charge in [-0.1, -0.05) is 13.8 Å². The summed E-state index contributed by atoms with van der Waals surface area (Å²) in [6, 6.07) is 0. The van der Waals surface area contributed by atoms with Gasteiger partial charge in [0, 0.05) is 0 Å². The van der Waals surface area contributed by atoms with Crippen molar-refractivity contribution in [1.29, 1.82) is 0 Å². The first kappa shape index (κ1) is 12.7. The first-order chi connectivity index (χ1) is 7.23. The van der Waals surface area contributed by atoms with Gasteiger partial charge in [0.25, 0.3) is 0 Å². The quantitative estimate of drug-likeness (QED) is 0.751. The van der Waals surface area contributed by atoms with Crippen LogP contribution in [-0.2, 0) is 12.0 Å². The fourth-order valence-electron chi connectivity index (χ4n) is 1.42. The van der Waals surface area contributed by atoms with Gasteiger partial charge in [0.2, 0.25) is 0 Å². The summed E-state index contributed by atoms with van der Waals surface area (Å²) in [4.78, 5) is 15.7. The molecule has 0 aromatic carbocycles. The van der Waals surface area contributed by atoms with E-state index >= 15 is 0 Å². The molecule has 0 bridgehead atoms. The van der Waals surface area contributed by atoms with Crippen molar-refractivity contribution in [2.75, 3.05) is 0 Å². The highest BCUT2D eigenvalue weighted by molar-refractivity contribution is 5.10. The molecule has 0 spiro atoms. The number of aliphatic hydroxyl groups is 1. The predicted molar refractivity (Wildman–Crippen MR) is 59.5 cm³/mol. The Labute approximate surface area is 94.3 Å². The summed E-state index contributed by atoms with van der Waals surface area (Å²) in [6.45, 7) is 6.90. The summed E-state index contributed by atoms with van der Waals surface area (Å²) in [5.74, 6) is 0.285. The predicted octanol–water partition coefficient (Wildman–Crippen LogP) is 0.906. The van der Waals surface area contributed by atoms with Crippen molar-refractivity contribution in [2.24, 2.45) is 5.92 Å². The van der Waals surface area contributed by atoms with Gasteiger partial charge < -0.3 is 10.3 Å². The van der Waals surface area contributed by atoms with Crippen molar-refractivity contribution in [2.45, 2.75) is 39.7 Å². The minimum absolute atomic E-state index is 0.0880. The third kappa shape index (κ3) is 2.61. The summed E-state index contributed by atoms with van der Waals surface area (Å²) < 4.78 is 0.477. The molecule has 0 saturated carbocycles. The molecular formula is C11H18N2O3. The summed E-state index contributed by atoms with van der Waals surface area (Å²) >= 11 is 0. The van der Waals surface area contributed by atoms with E-state index in [2.05, 4.69) is 4.98 Å². The van der Waals surface area contributed by atoms with E-state index < -0.39 is 11.2 Å². The molecule has 0 fully saturated rings. The fraction of sp³-hybridized carbons (Fsp3) is 0.636. The molecule has 5 nitrogen and oxygen atoms in total. The Hall–Kier alpha value is -1.36. The standard InChI is InChI=1S/C11H18N2O3/c1-7(2)5-8-10(14)13(16)9(6-12-8)11(3,4)15/h6-7,15-16H,5H2,1-4H3. The zero-order valence-electron chi connectivity index (χ0n) is 10.1. The second-order valence-electron chi connectivity index (χ2n) is 4.86. The normalized spacial score (nSPS) is 12.1. The molecule has 0 aliphatic carbocycles. The maximum Gasteiger partial charge on any atom is 0.304 e. The molecule has 1 aromatic heterocycles. The van der Waals surface area contributed by atoms with Crippen molar-refractivity contribution in [1.82, 2.24) is 9.71 Å². The summed E-state index contributed by atoms with van der Waals surface area (Å²) in [7, 11) is 0. The van der Waals surface area contributed by atoms with Gasteiger partial charge in [0.1, 0.15) is 17.0 Å². The molecule has 2 N–H and O–H groups in total. The lowest BCUT2D eigenvalue weighted by molar-refractivity contribution is 0.0387. The summed E-state index contributed by atoms with van der Waals surface area (Å²) in [5, 5.41) is 19.3. The first-order valence-corrected chi connectivity index (χ1v) is 5.26. The third-order valence-corrected chi connectivity index (χ3v) is 2.24. The largest absolute Gasteiger partial charge is 0.425 e. The van der Waals surface area contributed by atoms with Gasteiger partial charge in [0.05, 0.1) is 6.20 Å². The SMILES string of the molecule is CC(C)Cc1ncc(C(C)(C)O)n(O)c1=O. The lowest BCUT2D eigenvalue weighted by atomic mass is 10.1. The maximum atomic E-state index is 11.7. The Morgan fingerprint density at radius 2 is 2.06 bits per heavy atom. The minimum Gasteiger partial charge on any atom is -0.425 e. The van der Waals surface area contributed by atoms with Crippen LogP contribution in [0.4, 0.5) is 0 Å². The molecule has 0 aliphatic heterocycles. The van der Waals surface area contributed by atoms with Crippen LogP contribution in [0.2, 0.25) is 0 Å². The van der Waals surface area contributed by atoms with Crippen LogP contribution in [0.25, 0.3) is 0 Å². The molecule has 0 atom stereocenters. The number of aromatic nitrogens is 2. The monoisotopic (exact) mass is 226 g/mol. The molecule has 0 radical (unpaired) electrons. The van der Waals surface area contributed by atoms with Crippen LogP contribution in [0.15, 0.2) is 11.0 Å². The molecule has 0 saturated heterocycles. The Balaban J connectivity index is 3.24. The van der Waals surface area contributed by atoms with Crippen molar-refractivity contribution in [3.63, 3.8) is 0 Å². The van der Waals surface area contributed by atoms with Crippen molar-refractivity contribution in [3.8, 4) is 0 Å². The van der Waals surface area contributed by atoms with Crippen LogP contribution in [0.1, 0.15) is 39.1 Å². The van der Waals surface area contributed by atoms with Gasteiger partial charge in [0.15, 0.2) is 0 Å².